The van der Waals surface area contributed by atoms with Crippen molar-refractivity contribution in [3.05, 3.63) is 114 Å². The van der Waals surface area contributed by atoms with Crippen LogP contribution in [0.25, 0.3) is 11.1 Å². The van der Waals surface area contributed by atoms with Gasteiger partial charge in [-0.3, -0.25) is 19.4 Å². The van der Waals surface area contributed by atoms with Crippen molar-refractivity contribution in [2.45, 2.75) is 57.5 Å². The predicted molar refractivity (Wildman–Crippen MR) is 179 cm³/mol. The highest BCUT2D eigenvalue weighted by Gasteiger charge is 2.37. The topological polar surface area (TPSA) is 103 Å². The second-order valence-corrected chi connectivity index (χ2v) is 12.4. The van der Waals surface area contributed by atoms with Gasteiger partial charge in [-0.15, -0.1) is 0 Å². The highest BCUT2D eigenvalue weighted by Crippen LogP contribution is 2.37. The van der Waals surface area contributed by atoms with Crippen molar-refractivity contribution in [1.29, 1.82) is 0 Å². The quantitative estimate of drug-likeness (QED) is 0.177. The molecule has 1 aliphatic carbocycles. The number of carbonyl (C=O) groups is 3. The zero-order valence-corrected chi connectivity index (χ0v) is 26.3. The maximum absolute atomic E-state index is 13.6. The standard InChI is InChI=1S/C38H39FN4O4/c39-32-15-12-27(13-16-32)37(46)41-33-22-30(14-17-34(33)42-19-3-1-2-4-20-42)29-8-5-7-26(21-29)25-43(38(47)28-10-11-28)35(23-36(44)45)31-9-6-18-40-24-31/h5-9,12-18,21-22,24,28,35H,1-4,10-11,19-20,23,25H2,(H,41,46)(H,44,45). The van der Waals surface area contributed by atoms with Crippen LogP contribution < -0.4 is 10.2 Å². The van der Waals surface area contributed by atoms with E-state index in [0.717, 1.165) is 61.2 Å². The van der Waals surface area contributed by atoms with Crippen LogP contribution >= 0.6 is 0 Å². The molecule has 47 heavy (non-hydrogen) atoms. The molecule has 8 nitrogen and oxygen atoms in total. The molecule has 3 aromatic carbocycles. The van der Waals surface area contributed by atoms with Gasteiger partial charge in [0.15, 0.2) is 0 Å². The summed E-state index contributed by atoms with van der Waals surface area (Å²) >= 11 is 0. The molecule has 242 valence electrons. The molecule has 4 aromatic rings. The first-order valence-electron chi connectivity index (χ1n) is 16.3. The number of anilines is 2. The lowest BCUT2D eigenvalue weighted by Crippen LogP contribution is -2.36. The molecule has 1 saturated carbocycles. The lowest BCUT2D eigenvalue weighted by molar-refractivity contribution is -0.142. The highest BCUT2D eigenvalue weighted by atomic mass is 19.1. The first-order chi connectivity index (χ1) is 22.9. The van der Waals surface area contributed by atoms with Gasteiger partial charge < -0.3 is 20.2 Å². The van der Waals surface area contributed by atoms with Crippen molar-refractivity contribution in [3.63, 3.8) is 0 Å². The highest BCUT2D eigenvalue weighted by molar-refractivity contribution is 6.06. The fourth-order valence-electron chi connectivity index (χ4n) is 6.30. The summed E-state index contributed by atoms with van der Waals surface area (Å²) in [5.74, 6) is -1.84. The Morgan fingerprint density at radius 2 is 1.66 bits per heavy atom. The van der Waals surface area contributed by atoms with E-state index >= 15 is 0 Å². The van der Waals surface area contributed by atoms with Gasteiger partial charge in [-0.1, -0.05) is 43.2 Å². The smallest absolute Gasteiger partial charge is 0.305 e. The van der Waals surface area contributed by atoms with E-state index in [0.29, 0.717) is 16.8 Å². The third-order valence-corrected chi connectivity index (χ3v) is 8.93. The Balaban J connectivity index is 1.32. The minimum atomic E-state index is -0.985. The van der Waals surface area contributed by atoms with Gasteiger partial charge in [0.1, 0.15) is 5.82 Å². The molecule has 9 heteroatoms. The van der Waals surface area contributed by atoms with E-state index in [4.69, 9.17) is 0 Å². The van der Waals surface area contributed by atoms with Crippen LogP contribution in [0.4, 0.5) is 15.8 Å². The normalized spacial score (nSPS) is 15.4. The Labute approximate surface area is 274 Å². The molecule has 2 amide bonds. The summed E-state index contributed by atoms with van der Waals surface area (Å²) in [4.78, 5) is 47.1. The molecular formula is C38H39FN4O4. The number of hydrogen-bond donors (Lipinski definition) is 2. The molecule has 2 fully saturated rings. The Morgan fingerprint density at radius 3 is 2.34 bits per heavy atom. The Bertz CT molecular complexity index is 1720. The molecule has 1 aliphatic heterocycles. The first kappa shape index (κ1) is 31.9. The summed E-state index contributed by atoms with van der Waals surface area (Å²) in [6.45, 7) is 2.04. The number of aliphatic carboxylic acids is 1. The number of rotatable bonds is 11. The van der Waals surface area contributed by atoms with Crippen LogP contribution in [-0.2, 0) is 16.1 Å². The number of nitrogens with one attached hydrogen (secondary N) is 1. The third kappa shape index (κ3) is 8.03. The molecular weight excluding hydrogens is 595 g/mol. The average Bonchev–Trinajstić information content (AvgIpc) is 3.95. The van der Waals surface area contributed by atoms with Crippen LogP contribution in [0.3, 0.4) is 0 Å². The van der Waals surface area contributed by atoms with Crippen LogP contribution in [0, 0.1) is 11.7 Å². The zero-order chi connectivity index (χ0) is 32.8. The van der Waals surface area contributed by atoms with Gasteiger partial charge in [-0.25, -0.2) is 4.39 Å². The van der Waals surface area contributed by atoms with E-state index < -0.39 is 17.8 Å². The molecule has 0 radical (unpaired) electrons. The van der Waals surface area contributed by atoms with E-state index in [1.54, 1.807) is 23.4 Å². The van der Waals surface area contributed by atoms with Crippen LogP contribution in [-0.4, -0.2) is 45.9 Å². The first-order valence-corrected chi connectivity index (χ1v) is 16.3. The van der Waals surface area contributed by atoms with Gasteiger partial charge in [0.2, 0.25) is 5.91 Å². The van der Waals surface area contributed by atoms with Crippen LogP contribution in [0.15, 0.2) is 91.3 Å². The number of aromatic nitrogens is 1. The molecule has 2 aliphatic rings. The molecule has 2 heterocycles. The predicted octanol–water partition coefficient (Wildman–Crippen LogP) is 7.48. The lowest BCUT2D eigenvalue weighted by atomic mass is 9.99. The minimum absolute atomic E-state index is 0.0434. The lowest BCUT2D eigenvalue weighted by Gasteiger charge is -2.32. The van der Waals surface area contributed by atoms with Crippen molar-refractivity contribution in [1.82, 2.24) is 9.88 Å². The van der Waals surface area contributed by atoms with Gasteiger partial charge in [-0.2, -0.15) is 0 Å². The number of amides is 2. The summed E-state index contributed by atoms with van der Waals surface area (Å²) in [6, 6.07) is 22.4. The van der Waals surface area contributed by atoms with Crippen molar-refractivity contribution < 1.29 is 23.9 Å². The number of carboxylic acid groups (broad SMARTS) is 1. The largest absolute Gasteiger partial charge is 0.481 e. The molecule has 1 saturated heterocycles. The number of carbonyl (C=O) groups excluding carboxylic acids is 2. The van der Waals surface area contributed by atoms with E-state index in [2.05, 4.69) is 15.2 Å². The van der Waals surface area contributed by atoms with Gasteiger partial charge in [0, 0.05) is 43.5 Å². The number of hydrogen-bond acceptors (Lipinski definition) is 5. The maximum atomic E-state index is 13.6. The summed E-state index contributed by atoms with van der Waals surface area (Å²) < 4.78 is 13.6. The van der Waals surface area contributed by atoms with Crippen LogP contribution in [0.1, 0.15) is 72.5 Å². The third-order valence-electron chi connectivity index (χ3n) is 8.93. The van der Waals surface area contributed by atoms with Crippen molar-refractivity contribution >= 4 is 29.2 Å². The summed E-state index contributed by atoms with van der Waals surface area (Å²) in [5.41, 5.74) is 5.32. The average molecular weight is 635 g/mol. The molecule has 1 atom stereocenters. The monoisotopic (exact) mass is 634 g/mol. The SMILES string of the molecule is O=C(O)CC(c1cccnc1)N(Cc1cccc(-c2ccc(N3CCCCCC3)c(NC(=O)c3ccc(F)cc3)c2)c1)C(=O)C1CC1. The fraction of sp³-hybridized carbons (Fsp3) is 0.316. The van der Waals surface area contributed by atoms with Gasteiger partial charge >= 0.3 is 5.97 Å². The van der Waals surface area contributed by atoms with E-state index in [9.17, 15) is 23.9 Å². The van der Waals surface area contributed by atoms with Crippen molar-refractivity contribution in [3.8, 4) is 11.1 Å². The summed E-state index contributed by atoms with van der Waals surface area (Å²) in [6.07, 6.45) is 9.15. The van der Waals surface area contributed by atoms with Gasteiger partial charge in [0.05, 0.1) is 23.8 Å². The molecule has 6 rings (SSSR count). The Morgan fingerprint density at radius 1 is 0.915 bits per heavy atom. The number of nitrogens with zero attached hydrogens (tertiary/aromatic N) is 3. The van der Waals surface area contributed by atoms with Crippen LogP contribution in [0.2, 0.25) is 0 Å². The molecule has 0 spiro atoms. The second-order valence-electron chi connectivity index (χ2n) is 12.4. The van der Waals surface area contributed by atoms with Gasteiger partial charge in [-0.05, 0) is 96.5 Å². The summed E-state index contributed by atoms with van der Waals surface area (Å²) in [7, 11) is 0. The summed E-state index contributed by atoms with van der Waals surface area (Å²) in [5, 5.41) is 12.9. The number of halogens is 1. The fourth-order valence-corrected chi connectivity index (χ4v) is 6.30. The minimum Gasteiger partial charge on any atom is -0.481 e. The number of carboxylic acids is 1. The van der Waals surface area contributed by atoms with Crippen molar-refractivity contribution in [2.75, 3.05) is 23.3 Å². The van der Waals surface area contributed by atoms with Gasteiger partial charge in [0.25, 0.3) is 5.91 Å². The second kappa shape index (κ2) is 14.6. The molecule has 1 unspecified atom stereocenters. The van der Waals surface area contributed by atoms with Crippen LogP contribution in [0.5, 0.6) is 0 Å². The van der Waals surface area contributed by atoms with E-state index in [1.165, 1.54) is 37.1 Å². The zero-order valence-electron chi connectivity index (χ0n) is 26.3. The molecule has 2 N–H and O–H groups in total. The molecule has 1 aromatic heterocycles. The van der Waals surface area contributed by atoms with E-state index in [-0.39, 0.29) is 30.7 Å². The van der Waals surface area contributed by atoms with Crippen molar-refractivity contribution in [2.24, 2.45) is 5.92 Å². The Kier molecular flexibility index (Phi) is 9.90. The number of pyridine rings is 1. The maximum Gasteiger partial charge on any atom is 0.305 e. The Hall–Kier alpha value is -5.05. The molecule has 0 bridgehead atoms. The number of benzene rings is 3. The van der Waals surface area contributed by atoms with E-state index in [1.807, 2.05) is 48.5 Å².